The van der Waals surface area contributed by atoms with Gasteiger partial charge in [-0.1, -0.05) is 71.2 Å². The first-order chi connectivity index (χ1) is 10.2. The van der Waals surface area contributed by atoms with Gasteiger partial charge in [-0.2, -0.15) is 0 Å². The van der Waals surface area contributed by atoms with Gasteiger partial charge < -0.3 is 0 Å². The zero-order chi connectivity index (χ0) is 14.8. The lowest BCUT2D eigenvalue weighted by Crippen LogP contribution is -1.90. The van der Waals surface area contributed by atoms with Gasteiger partial charge in [0.25, 0.3) is 0 Å². The number of pyridine rings is 1. The minimum atomic E-state index is 0.540. The summed E-state index contributed by atoms with van der Waals surface area (Å²) in [6.07, 6.45) is 1.71. The summed E-state index contributed by atoms with van der Waals surface area (Å²) in [6.45, 7) is 0. The van der Waals surface area contributed by atoms with Gasteiger partial charge in [0.1, 0.15) is 0 Å². The van der Waals surface area contributed by atoms with E-state index in [2.05, 4.69) is 4.98 Å². The zero-order valence-corrected chi connectivity index (χ0v) is 13.1. The first-order valence-electron chi connectivity index (χ1n) is 6.33. The van der Waals surface area contributed by atoms with Crippen LogP contribution in [0.2, 0.25) is 15.1 Å². The number of benzene rings is 2. The molecule has 104 valence electrons. The average molecular weight is 335 g/mol. The van der Waals surface area contributed by atoms with Gasteiger partial charge in [-0.3, -0.25) is 4.98 Å². The van der Waals surface area contributed by atoms with Gasteiger partial charge in [-0.05, 0) is 18.2 Å². The molecule has 0 atom stereocenters. The SMILES string of the molecule is Clc1ccccc1-c1ccnc(-c2ccccc2Cl)c1Cl. The van der Waals surface area contributed by atoms with Crippen molar-refractivity contribution < 1.29 is 0 Å². The monoisotopic (exact) mass is 333 g/mol. The Morgan fingerprint density at radius 2 is 1.19 bits per heavy atom. The molecule has 0 amide bonds. The number of nitrogens with zero attached hydrogens (tertiary/aromatic N) is 1. The van der Waals surface area contributed by atoms with Crippen LogP contribution in [0.3, 0.4) is 0 Å². The Hall–Kier alpha value is -1.54. The van der Waals surface area contributed by atoms with Crippen LogP contribution >= 0.6 is 34.8 Å². The standard InChI is InChI=1S/C17H10Cl3N/c18-14-7-3-1-5-11(14)12-9-10-21-17(16(12)20)13-6-2-4-8-15(13)19/h1-10H. The lowest BCUT2D eigenvalue weighted by Gasteiger charge is -2.11. The van der Waals surface area contributed by atoms with E-state index in [4.69, 9.17) is 34.8 Å². The molecule has 0 unspecified atom stereocenters. The Morgan fingerprint density at radius 1 is 0.619 bits per heavy atom. The minimum Gasteiger partial charge on any atom is -0.255 e. The van der Waals surface area contributed by atoms with E-state index >= 15 is 0 Å². The van der Waals surface area contributed by atoms with Crippen LogP contribution in [0, 0.1) is 0 Å². The Balaban J connectivity index is 2.21. The van der Waals surface area contributed by atoms with Gasteiger partial charge in [0.05, 0.1) is 15.7 Å². The van der Waals surface area contributed by atoms with Crippen molar-refractivity contribution in [3.63, 3.8) is 0 Å². The predicted molar refractivity (Wildman–Crippen MR) is 90.1 cm³/mol. The van der Waals surface area contributed by atoms with Crippen molar-refractivity contribution in [2.75, 3.05) is 0 Å². The Kier molecular flexibility index (Phi) is 4.16. The molecule has 21 heavy (non-hydrogen) atoms. The second kappa shape index (κ2) is 6.07. The third-order valence-electron chi connectivity index (χ3n) is 3.18. The molecule has 0 aliphatic carbocycles. The molecule has 0 N–H and O–H groups in total. The van der Waals surface area contributed by atoms with Crippen LogP contribution in [0.4, 0.5) is 0 Å². The normalized spacial score (nSPS) is 10.6. The molecule has 0 bridgehead atoms. The maximum Gasteiger partial charge on any atom is 0.0909 e. The molecule has 3 aromatic rings. The fourth-order valence-corrected chi connectivity index (χ4v) is 2.95. The largest absolute Gasteiger partial charge is 0.255 e. The van der Waals surface area contributed by atoms with Crippen molar-refractivity contribution in [2.45, 2.75) is 0 Å². The molecule has 0 saturated carbocycles. The van der Waals surface area contributed by atoms with Crippen molar-refractivity contribution in [2.24, 2.45) is 0 Å². The Labute approximate surface area is 138 Å². The summed E-state index contributed by atoms with van der Waals surface area (Å²) >= 11 is 19.0. The van der Waals surface area contributed by atoms with Gasteiger partial charge in [-0.25, -0.2) is 0 Å². The first kappa shape index (κ1) is 14.4. The second-order valence-corrected chi connectivity index (χ2v) is 5.67. The number of rotatable bonds is 2. The molecule has 4 heteroatoms. The Morgan fingerprint density at radius 3 is 1.81 bits per heavy atom. The molecule has 1 aromatic heterocycles. The molecule has 0 fully saturated rings. The highest BCUT2D eigenvalue weighted by atomic mass is 35.5. The molecule has 1 heterocycles. The molecule has 3 rings (SSSR count). The third-order valence-corrected chi connectivity index (χ3v) is 4.22. The summed E-state index contributed by atoms with van der Waals surface area (Å²) in [4.78, 5) is 4.37. The lowest BCUT2D eigenvalue weighted by molar-refractivity contribution is 1.33. The lowest BCUT2D eigenvalue weighted by atomic mass is 10.0. The molecule has 0 aliphatic rings. The Bertz CT molecular complexity index is 736. The van der Waals surface area contributed by atoms with E-state index in [1.54, 1.807) is 6.20 Å². The van der Waals surface area contributed by atoms with Crippen LogP contribution in [0.25, 0.3) is 22.4 Å². The van der Waals surface area contributed by atoms with Gasteiger partial charge >= 0.3 is 0 Å². The number of hydrogen-bond acceptors (Lipinski definition) is 1. The maximum absolute atomic E-state index is 6.54. The van der Waals surface area contributed by atoms with Gasteiger partial charge in [0.2, 0.25) is 0 Å². The van der Waals surface area contributed by atoms with E-state index in [1.807, 2.05) is 54.6 Å². The van der Waals surface area contributed by atoms with E-state index in [0.29, 0.717) is 20.8 Å². The summed E-state index contributed by atoms with van der Waals surface area (Å²) < 4.78 is 0. The summed E-state index contributed by atoms with van der Waals surface area (Å²) in [5.74, 6) is 0. The van der Waals surface area contributed by atoms with Crippen LogP contribution < -0.4 is 0 Å². The van der Waals surface area contributed by atoms with E-state index in [0.717, 1.165) is 16.7 Å². The summed E-state index contributed by atoms with van der Waals surface area (Å²) in [5, 5.41) is 1.80. The smallest absolute Gasteiger partial charge is 0.0909 e. The van der Waals surface area contributed by atoms with E-state index < -0.39 is 0 Å². The molecule has 0 saturated heterocycles. The van der Waals surface area contributed by atoms with Crippen LogP contribution in [0.5, 0.6) is 0 Å². The molecule has 0 radical (unpaired) electrons. The summed E-state index contributed by atoms with van der Waals surface area (Å²) in [6, 6.07) is 16.9. The second-order valence-electron chi connectivity index (χ2n) is 4.48. The van der Waals surface area contributed by atoms with Gasteiger partial charge in [-0.15, -0.1) is 0 Å². The number of hydrogen-bond donors (Lipinski definition) is 0. The molecule has 0 aliphatic heterocycles. The van der Waals surface area contributed by atoms with Crippen LogP contribution in [0.1, 0.15) is 0 Å². The first-order valence-corrected chi connectivity index (χ1v) is 7.46. The maximum atomic E-state index is 6.54. The van der Waals surface area contributed by atoms with Gasteiger partial charge in [0, 0.05) is 27.9 Å². The van der Waals surface area contributed by atoms with Gasteiger partial charge in [0.15, 0.2) is 0 Å². The average Bonchev–Trinajstić information content (AvgIpc) is 2.49. The van der Waals surface area contributed by atoms with Crippen LogP contribution in [-0.2, 0) is 0 Å². The topological polar surface area (TPSA) is 12.9 Å². The number of halogens is 3. The van der Waals surface area contributed by atoms with Crippen LogP contribution in [-0.4, -0.2) is 4.98 Å². The van der Waals surface area contributed by atoms with Crippen molar-refractivity contribution >= 4 is 34.8 Å². The zero-order valence-electron chi connectivity index (χ0n) is 10.9. The van der Waals surface area contributed by atoms with E-state index in [1.165, 1.54) is 0 Å². The minimum absolute atomic E-state index is 0.540. The van der Waals surface area contributed by atoms with Crippen molar-refractivity contribution in [1.29, 1.82) is 0 Å². The quantitative estimate of drug-likeness (QED) is 0.530. The highest BCUT2D eigenvalue weighted by Crippen LogP contribution is 2.39. The number of aromatic nitrogens is 1. The van der Waals surface area contributed by atoms with E-state index in [-0.39, 0.29) is 0 Å². The van der Waals surface area contributed by atoms with E-state index in [9.17, 15) is 0 Å². The summed E-state index contributed by atoms with van der Waals surface area (Å²) in [7, 11) is 0. The molecular weight excluding hydrogens is 325 g/mol. The van der Waals surface area contributed by atoms with Crippen molar-refractivity contribution in [1.82, 2.24) is 4.98 Å². The molecule has 2 aromatic carbocycles. The highest BCUT2D eigenvalue weighted by Gasteiger charge is 2.14. The van der Waals surface area contributed by atoms with Crippen molar-refractivity contribution in [3.8, 4) is 22.4 Å². The predicted octanol–water partition coefficient (Wildman–Crippen LogP) is 6.38. The third kappa shape index (κ3) is 2.77. The summed E-state index contributed by atoms with van der Waals surface area (Å²) in [5.41, 5.74) is 3.17. The van der Waals surface area contributed by atoms with Crippen LogP contribution in [0.15, 0.2) is 60.8 Å². The molecule has 1 nitrogen and oxygen atoms in total. The highest BCUT2D eigenvalue weighted by molar-refractivity contribution is 6.39. The fraction of sp³-hybridized carbons (Fsp3) is 0. The molecule has 0 spiro atoms. The molecular formula is C17H10Cl3N. The van der Waals surface area contributed by atoms with Crippen molar-refractivity contribution in [3.05, 3.63) is 75.9 Å². The fourth-order valence-electron chi connectivity index (χ4n) is 2.17.